The van der Waals surface area contributed by atoms with Crippen LogP contribution in [0.5, 0.6) is 5.75 Å². The number of alkyl halides is 2. The number of imidazole rings is 1. The summed E-state index contributed by atoms with van der Waals surface area (Å²) >= 11 is 0. The largest absolute Gasteiger partial charge is 0.435 e. The number of nitrogens with zero attached hydrogens (tertiary/aromatic N) is 4. The van der Waals surface area contributed by atoms with Crippen molar-refractivity contribution < 1.29 is 13.5 Å². The molecule has 0 fully saturated rings. The van der Waals surface area contributed by atoms with Gasteiger partial charge in [-0.15, -0.1) is 0 Å². The molecule has 1 aromatic heterocycles. The fourth-order valence-electron chi connectivity index (χ4n) is 3.15. The third-order valence-corrected chi connectivity index (χ3v) is 4.24. The zero-order valence-corrected chi connectivity index (χ0v) is 14.5. The predicted octanol–water partition coefficient (Wildman–Crippen LogP) is 3.47. The van der Waals surface area contributed by atoms with Crippen LogP contribution in [-0.4, -0.2) is 28.5 Å². The van der Waals surface area contributed by atoms with Crippen molar-refractivity contribution in [2.24, 2.45) is 10.7 Å². The average molecular weight is 369 g/mol. The highest BCUT2D eigenvalue weighted by atomic mass is 19.3. The molecule has 27 heavy (non-hydrogen) atoms. The predicted molar refractivity (Wildman–Crippen MR) is 100.0 cm³/mol. The number of anilines is 1. The van der Waals surface area contributed by atoms with Gasteiger partial charge in [0.2, 0.25) is 0 Å². The van der Waals surface area contributed by atoms with Gasteiger partial charge in [0.05, 0.1) is 17.6 Å². The van der Waals surface area contributed by atoms with Crippen LogP contribution in [0.15, 0.2) is 65.5 Å². The first-order valence-electron chi connectivity index (χ1n) is 8.32. The van der Waals surface area contributed by atoms with Crippen molar-refractivity contribution in [3.8, 4) is 5.75 Å². The fourth-order valence-corrected chi connectivity index (χ4v) is 3.15. The van der Waals surface area contributed by atoms with Crippen LogP contribution in [0.3, 0.4) is 0 Å². The standard InChI is InChI=1S/C19H17F2N5O/c1-12-23-15-4-2-3-5-16(15)26(12)18-11-25(10-17(22)24-18)13-6-8-14(9-7-13)27-19(20)21/h2-10,19H,11,22H2,1H3. The molecule has 2 N–H and O–H groups in total. The molecular formula is C19H17F2N5O. The van der Waals surface area contributed by atoms with Crippen molar-refractivity contribution in [3.63, 3.8) is 0 Å². The molecule has 0 spiro atoms. The SMILES string of the molecule is Cc1nc2ccccc2n1C1=NC(N)=CN(c2ccc(OC(F)F)cc2)C1. The topological polar surface area (TPSA) is 68.7 Å². The Kier molecular flexibility index (Phi) is 4.23. The lowest BCUT2D eigenvalue weighted by molar-refractivity contribution is -0.0498. The highest BCUT2D eigenvalue weighted by molar-refractivity contribution is 5.98. The Balaban J connectivity index is 1.66. The number of ether oxygens (including phenoxy) is 1. The minimum Gasteiger partial charge on any atom is -0.435 e. The van der Waals surface area contributed by atoms with Gasteiger partial charge in [-0.05, 0) is 43.3 Å². The van der Waals surface area contributed by atoms with Crippen LogP contribution >= 0.6 is 0 Å². The van der Waals surface area contributed by atoms with Crippen LogP contribution in [0.2, 0.25) is 0 Å². The number of para-hydroxylation sites is 2. The molecular weight excluding hydrogens is 352 g/mol. The van der Waals surface area contributed by atoms with Crippen LogP contribution in [0.4, 0.5) is 14.5 Å². The van der Waals surface area contributed by atoms with E-state index in [0.717, 1.165) is 28.4 Å². The average Bonchev–Trinajstić information content (AvgIpc) is 2.97. The summed E-state index contributed by atoms with van der Waals surface area (Å²) in [5.41, 5.74) is 8.64. The number of aromatic nitrogens is 2. The smallest absolute Gasteiger partial charge is 0.387 e. The van der Waals surface area contributed by atoms with E-state index in [4.69, 9.17) is 5.73 Å². The molecule has 0 unspecified atom stereocenters. The van der Waals surface area contributed by atoms with E-state index in [9.17, 15) is 8.78 Å². The Bertz CT molecular complexity index is 1040. The summed E-state index contributed by atoms with van der Waals surface area (Å²) in [7, 11) is 0. The molecule has 6 nitrogen and oxygen atoms in total. The van der Waals surface area contributed by atoms with Crippen LogP contribution in [0, 0.1) is 6.92 Å². The Morgan fingerprint density at radius 2 is 1.85 bits per heavy atom. The molecule has 1 aliphatic heterocycles. The zero-order valence-electron chi connectivity index (χ0n) is 14.5. The van der Waals surface area contributed by atoms with Gasteiger partial charge in [0.1, 0.15) is 23.2 Å². The van der Waals surface area contributed by atoms with Gasteiger partial charge in [0, 0.05) is 11.9 Å². The fraction of sp³-hybridized carbons (Fsp3) is 0.158. The molecule has 0 atom stereocenters. The second-order valence-electron chi connectivity index (χ2n) is 6.07. The van der Waals surface area contributed by atoms with Gasteiger partial charge in [0.25, 0.3) is 0 Å². The summed E-state index contributed by atoms with van der Waals surface area (Å²) in [5.74, 6) is 1.99. The third kappa shape index (κ3) is 3.33. The number of hydrogen-bond acceptors (Lipinski definition) is 5. The van der Waals surface area contributed by atoms with Gasteiger partial charge in [-0.2, -0.15) is 8.78 Å². The maximum atomic E-state index is 12.3. The molecule has 0 radical (unpaired) electrons. The maximum Gasteiger partial charge on any atom is 0.387 e. The lowest BCUT2D eigenvalue weighted by Crippen LogP contribution is -2.34. The Morgan fingerprint density at radius 3 is 2.59 bits per heavy atom. The lowest BCUT2D eigenvalue weighted by atomic mass is 10.2. The summed E-state index contributed by atoms with van der Waals surface area (Å²) < 4.78 is 31.0. The number of halogens is 2. The molecule has 8 heteroatoms. The molecule has 138 valence electrons. The lowest BCUT2D eigenvalue weighted by Gasteiger charge is -2.26. The molecule has 2 aromatic carbocycles. The number of benzene rings is 2. The summed E-state index contributed by atoms with van der Waals surface area (Å²) in [6.07, 6.45) is 1.71. The summed E-state index contributed by atoms with van der Waals surface area (Å²) in [6.45, 7) is -0.480. The van der Waals surface area contributed by atoms with Gasteiger partial charge in [-0.3, -0.25) is 4.57 Å². The van der Waals surface area contributed by atoms with E-state index in [-0.39, 0.29) is 5.75 Å². The van der Waals surface area contributed by atoms with Crippen molar-refractivity contribution >= 4 is 22.6 Å². The Labute approximate surface area is 154 Å². The van der Waals surface area contributed by atoms with Gasteiger partial charge >= 0.3 is 6.61 Å². The molecule has 0 bridgehead atoms. The third-order valence-electron chi connectivity index (χ3n) is 4.24. The van der Waals surface area contributed by atoms with E-state index >= 15 is 0 Å². The van der Waals surface area contributed by atoms with Crippen molar-refractivity contribution in [1.82, 2.24) is 9.55 Å². The summed E-state index contributed by atoms with van der Waals surface area (Å²) in [6, 6.07) is 14.2. The van der Waals surface area contributed by atoms with E-state index in [1.165, 1.54) is 12.1 Å². The van der Waals surface area contributed by atoms with E-state index < -0.39 is 6.61 Å². The second-order valence-corrected chi connectivity index (χ2v) is 6.07. The summed E-state index contributed by atoms with van der Waals surface area (Å²) in [4.78, 5) is 10.9. The highest BCUT2D eigenvalue weighted by Gasteiger charge is 2.19. The molecule has 0 amide bonds. The second kappa shape index (κ2) is 6.71. The van der Waals surface area contributed by atoms with E-state index in [2.05, 4.69) is 14.7 Å². The minimum atomic E-state index is -2.85. The molecule has 0 aliphatic carbocycles. The minimum absolute atomic E-state index is 0.105. The normalized spacial score (nSPS) is 14.4. The zero-order chi connectivity index (χ0) is 19.0. The number of aryl methyl sites for hydroxylation is 1. The van der Waals surface area contributed by atoms with Gasteiger partial charge in [0.15, 0.2) is 0 Å². The number of nitrogens with two attached hydrogens (primary N) is 1. The van der Waals surface area contributed by atoms with Crippen molar-refractivity contribution in [3.05, 3.63) is 66.4 Å². The van der Waals surface area contributed by atoms with Crippen molar-refractivity contribution in [1.29, 1.82) is 0 Å². The van der Waals surface area contributed by atoms with Crippen LogP contribution < -0.4 is 15.4 Å². The van der Waals surface area contributed by atoms with Crippen LogP contribution in [0.25, 0.3) is 11.0 Å². The van der Waals surface area contributed by atoms with Crippen molar-refractivity contribution in [2.45, 2.75) is 13.5 Å². The van der Waals surface area contributed by atoms with Crippen LogP contribution in [0.1, 0.15) is 5.82 Å². The number of rotatable bonds is 3. The number of aliphatic imine (C=N–C) groups is 1. The molecule has 0 saturated heterocycles. The maximum absolute atomic E-state index is 12.3. The number of fused-ring (bicyclic) bond motifs is 1. The first-order valence-corrected chi connectivity index (χ1v) is 8.32. The first kappa shape index (κ1) is 17.0. The molecule has 2 heterocycles. The highest BCUT2D eigenvalue weighted by Crippen LogP contribution is 2.24. The molecule has 0 saturated carbocycles. The van der Waals surface area contributed by atoms with Gasteiger partial charge < -0.3 is 15.4 Å². The first-order chi connectivity index (χ1) is 13.0. The van der Waals surface area contributed by atoms with Gasteiger partial charge in [-0.1, -0.05) is 12.1 Å². The molecule has 3 aromatic rings. The van der Waals surface area contributed by atoms with E-state index in [1.54, 1.807) is 18.3 Å². The molecule has 1 aliphatic rings. The molecule has 4 rings (SSSR count). The summed E-state index contributed by atoms with van der Waals surface area (Å²) in [5, 5.41) is 0. The monoisotopic (exact) mass is 369 g/mol. The quantitative estimate of drug-likeness (QED) is 0.768. The Hall–Kier alpha value is -3.42. The van der Waals surface area contributed by atoms with Gasteiger partial charge in [-0.25, -0.2) is 9.98 Å². The Morgan fingerprint density at radius 1 is 1.11 bits per heavy atom. The van der Waals surface area contributed by atoms with Crippen LogP contribution in [-0.2, 0) is 0 Å². The van der Waals surface area contributed by atoms with E-state index in [0.29, 0.717) is 12.4 Å². The van der Waals surface area contributed by atoms with Crippen molar-refractivity contribution in [2.75, 3.05) is 11.4 Å². The number of hydrogen-bond donors (Lipinski definition) is 1. The van der Waals surface area contributed by atoms with E-state index in [1.807, 2.05) is 40.7 Å².